The van der Waals surface area contributed by atoms with Crippen LogP contribution in [0.5, 0.6) is 0 Å². The number of urea groups is 1. The van der Waals surface area contributed by atoms with Crippen molar-refractivity contribution >= 4 is 17.6 Å². The van der Waals surface area contributed by atoms with Gasteiger partial charge in [0.1, 0.15) is 5.67 Å². The average Bonchev–Trinajstić information content (AvgIpc) is 3.33. The number of rotatable bonds is 4. The van der Waals surface area contributed by atoms with Crippen molar-refractivity contribution in [3.8, 4) is 0 Å². The molecule has 0 spiro atoms. The molecular formula is C26H31F4N3O3. The summed E-state index contributed by atoms with van der Waals surface area (Å²) in [6.07, 6.45) is 1.80. The number of halogens is 4. The van der Waals surface area contributed by atoms with Crippen molar-refractivity contribution in [2.75, 3.05) is 31.6 Å². The van der Waals surface area contributed by atoms with Gasteiger partial charge in [-0.3, -0.25) is 4.79 Å². The first kappa shape index (κ1) is 26.2. The Morgan fingerprint density at radius 2 is 1.86 bits per heavy atom. The lowest BCUT2D eigenvalue weighted by atomic mass is 9.79. The first-order valence-corrected chi connectivity index (χ1v) is 12.2. The standard InChI is InChI=1S/C26H31F4N3O3/c1-16-3-5-19(13-17(16)2)25(27)8-10-33(11-9-25)23(34)18-4-6-21(26(28,29)30)22(14-18)32-24(35)31-20-7-12-36-15-20/h3-6,13-14,16-17,20H,7-12,15H2,1-2H3,(H2,31,32,35). The van der Waals surface area contributed by atoms with Crippen LogP contribution in [0.4, 0.5) is 28.0 Å². The highest BCUT2D eigenvalue weighted by atomic mass is 19.4. The highest BCUT2D eigenvalue weighted by molar-refractivity contribution is 5.97. The summed E-state index contributed by atoms with van der Waals surface area (Å²) in [5, 5.41) is 4.81. The number of anilines is 1. The van der Waals surface area contributed by atoms with Crippen LogP contribution in [0.1, 0.15) is 49.0 Å². The second-order valence-corrected chi connectivity index (χ2v) is 9.87. The van der Waals surface area contributed by atoms with Crippen molar-refractivity contribution in [1.82, 2.24) is 10.2 Å². The van der Waals surface area contributed by atoms with Gasteiger partial charge in [0.25, 0.3) is 5.91 Å². The van der Waals surface area contributed by atoms with Crippen molar-refractivity contribution < 1.29 is 31.9 Å². The van der Waals surface area contributed by atoms with E-state index in [9.17, 15) is 22.8 Å². The predicted octanol–water partition coefficient (Wildman–Crippen LogP) is 5.33. The molecule has 2 heterocycles. The summed E-state index contributed by atoms with van der Waals surface area (Å²) >= 11 is 0. The monoisotopic (exact) mass is 509 g/mol. The number of piperidine rings is 1. The van der Waals surface area contributed by atoms with Crippen molar-refractivity contribution in [2.24, 2.45) is 11.8 Å². The lowest BCUT2D eigenvalue weighted by molar-refractivity contribution is -0.136. The lowest BCUT2D eigenvalue weighted by Gasteiger charge is -2.38. The van der Waals surface area contributed by atoms with E-state index in [4.69, 9.17) is 4.74 Å². The fraction of sp³-hybridized carbons (Fsp3) is 0.538. The van der Waals surface area contributed by atoms with Crippen molar-refractivity contribution in [3.63, 3.8) is 0 Å². The van der Waals surface area contributed by atoms with Crippen molar-refractivity contribution in [1.29, 1.82) is 0 Å². The summed E-state index contributed by atoms with van der Waals surface area (Å²) < 4.78 is 61.6. The zero-order valence-electron chi connectivity index (χ0n) is 20.3. The molecule has 1 aliphatic carbocycles. The zero-order valence-corrected chi connectivity index (χ0v) is 20.3. The van der Waals surface area contributed by atoms with Gasteiger partial charge in [0, 0.05) is 38.1 Å². The number of carbonyl (C=O) groups excluding carboxylic acids is 2. The smallest absolute Gasteiger partial charge is 0.379 e. The van der Waals surface area contributed by atoms with E-state index in [1.807, 2.05) is 25.2 Å². The van der Waals surface area contributed by atoms with E-state index in [0.29, 0.717) is 24.5 Å². The van der Waals surface area contributed by atoms with Crippen molar-refractivity contribution in [3.05, 3.63) is 53.1 Å². The Hall–Kier alpha value is -2.88. The van der Waals surface area contributed by atoms with Gasteiger partial charge in [-0.15, -0.1) is 0 Å². The second kappa shape index (κ2) is 10.2. The van der Waals surface area contributed by atoms with Crippen LogP contribution in [0.2, 0.25) is 0 Å². The third-order valence-electron chi connectivity index (χ3n) is 7.30. The highest BCUT2D eigenvalue weighted by Gasteiger charge is 2.40. The molecule has 1 aromatic rings. The summed E-state index contributed by atoms with van der Waals surface area (Å²) in [6.45, 7) is 5.12. The van der Waals surface area contributed by atoms with Gasteiger partial charge >= 0.3 is 12.2 Å². The summed E-state index contributed by atoms with van der Waals surface area (Å²) in [6, 6.07) is 1.80. The molecule has 0 aromatic heterocycles. The number of nitrogens with zero attached hydrogens (tertiary/aromatic N) is 1. The molecule has 0 saturated carbocycles. The van der Waals surface area contributed by atoms with Crippen LogP contribution < -0.4 is 10.6 Å². The second-order valence-electron chi connectivity index (χ2n) is 9.87. The molecule has 2 N–H and O–H groups in total. The third-order valence-corrected chi connectivity index (χ3v) is 7.30. The Kier molecular flexibility index (Phi) is 7.45. The molecule has 3 amide bonds. The number of alkyl halides is 4. The van der Waals surface area contributed by atoms with Crippen LogP contribution in [-0.2, 0) is 10.9 Å². The van der Waals surface area contributed by atoms with Crippen LogP contribution in [0, 0.1) is 11.8 Å². The Bertz CT molecular complexity index is 1060. The number of amides is 3. The fourth-order valence-electron chi connectivity index (χ4n) is 4.78. The van der Waals surface area contributed by atoms with E-state index in [0.717, 1.165) is 18.2 Å². The number of benzene rings is 1. The van der Waals surface area contributed by atoms with Crippen LogP contribution in [0.3, 0.4) is 0 Å². The van der Waals surface area contributed by atoms with E-state index < -0.39 is 35.0 Å². The number of carbonyl (C=O) groups is 2. The molecule has 3 atom stereocenters. The maximum absolute atomic E-state index is 15.7. The zero-order chi connectivity index (χ0) is 26.1. The number of nitrogens with one attached hydrogen (secondary N) is 2. The van der Waals surface area contributed by atoms with Gasteiger partial charge in [-0.2, -0.15) is 13.2 Å². The van der Waals surface area contributed by atoms with Crippen LogP contribution >= 0.6 is 0 Å². The van der Waals surface area contributed by atoms with Gasteiger partial charge in [0.15, 0.2) is 0 Å². The Morgan fingerprint density at radius 1 is 1.14 bits per heavy atom. The SMILES string of the molecule is CC1C=CC(C2(F)CCN(C(=O)c3ccc(C(F)(F)F)c(NC(=O)NC4CCOC4)c3)CC2)=CC1C. The Morgan fingerprint density at radius 3 is 2.47 bits per heavy atom. The van der Waals surface area contributed by atoms with Crippen molar-refractivity contribution in [2.45, 2.75) is 51.0 Å². The maximum atomic E-state index is 15.7. The molecular weight excluding hydrogens is 478 g/mol. The Balaban J connectivity index is 1.46. The lowest BCUT2D eigenvalue weighted by Crippen LogP contribution is -2.45. The molecule has 2 saturated heterocycles. The number of allylic oxidation sites excluding steroid dienone is 4. The number of ether oxygens (including phenoxy) is 1. The van der Waals surface area contributed by atoms with Crippen LogP contribution in [0.15, 0.2) is 42.0 Å². The van der Waals surface area contributed by atoms with Gasteiger partial charge < -0.3 is 20.3 Å². The predicted molar refractivity (Wildman–Crippen MR) is 127 cm³/mol. The largest absolute Gasteiger partial charge is 0.418 e. The molecule has 196 valence electrons. The van der Waals surface area contributed by atoms with E-state index in [1.165, 1.54) is 4.90 Å². The van der Waals surface area contributed by atoms with E-state index in [-0.39, 0.29) is 50.1 Å². The third kappa shape index (κ3) is 5.74. The molecule has 6 nitrogen and oxygen atoms in total. The minimum Gasteiger partial charge on any atom is -0.379 e. The van der Waals surface area contributed by atoms with Gasteiger partial charge in [-0.05, 0) is 42.0 Å². The molecule has 3 aliphatic rings. The number of hydrogen-bond donors (Lipinski definition) is 2. The molecule has 3 unspecified atom stereocenters. The minimum absolute atomic E-state index is 0.00640. The van der Waals surface area contributed by atoms with Gasteiger partial charge in [0.05, 0.1) is 23.9 Å². The quantitative estimate of drug-likeness (QED) is 0.539. The average molecular weight is 510 g/mol. The maximum Gasteiger partial charge on any atom is 0.418 e. The molecule has 10 heteroatoms. The highest BCUT2D eigenvalue weighted by Crippen LogP contribution is 2.39. The minimum atomic E-state index is -4.73. The summed E-state index contributed by atoms with van der Waals surface area (Å²) in [4.78, 5) is 26.9. The number of hydrogen-bond acceptors (Lipinski definition) is 3. The molecule has 2 aliphatic heterocycles. The summed E-state index contributed by atoms with van der Waals surface area (Å²) in [5.41, 5.74) is -2.50. The van der Waals surface area contributed by atoms with Crippen LogP contribution in [0.25, 0.3) is 0 Å². The topological polar surface area (TPSA) is 70.7 Å². The number of likely N-dealkylation sites (tertiary alicyclic amines) is 1. The molecule has 1 aromatic carbocycles. The molecule has 0 radical (unpaired) electrons. The van der Waals surface area contributed by atoms with E-state index >= 15 is 4.39 Å². The molecule has 36 heavy (non-hydrogen) atoms. The van der Waals surface area contributed by atoms with Gasteiger partial charge in [-0.25, -0.2) is 9.18 Å². The van der Waals surface area contributed by atoms with Gasteiger partial charge in [0.2, 0.25) is 0 Å². The molecule has 0 bridgehead atoms. The fourth-order valence-corrected chi connectivity index (χ4v) is 4.78. The Labute approximate surface area is 207 Å². The first-order valence-electron chi connectivity index (χ1n) is 12.2. The van der Waals surface area contributed by atoms with Crippen LogP contribution in [-0.4, -0.2) is 54.9 Å². The summed E-state index contributed by atoms with van der Waals surface area (Å²) in [5.74, 6) is 0.0393. The normalized spacial score (nSPS) is 25.9. The molecule has 4 rings (SSSR count). The van der Waals surface area contributed by atoms with E-state index in [1.54, 1.807) is 0 Å². The van der Waals surface area contributed by atoms with Gasteiger partial charge in [-0.1, -0.05) is 32.1 Å². The first-order chi connectivity index (χ1) is 17.0. The molecule has 2 fully saturated rings. The summed E-state index contributed by atoms with van der Waals surface area (Å²) in [7, 11) is 0. The van der Waals surface area contributed by atoms with E-state index in [2.05, 4.69) is 17.6 Å².